The van der Waals surface area contributed by atoms with E-state index in [1.54, 1.807) is 17.1 Å². The van der Waals surface area contributed by atoms with E-state index in [9.17, 15) is 4.79 Å². The maximum absolute atomic E-state index is 11.6. The number of pyridine rings is 1. The number of hydrogen-bond donors (Lipinski definition) is 2. The fraction of sp³-hybridized carbons (Fsp3) is 0.0870. The summed E-state index contributed by atoms with van der Waals surface area (Å²) in [6.07, 6.45) is 3.37. The topological polar surface area (TPSA) is 110 Å². The Balaban J connectivity index is 1.45. The van der Waals surface area contributed by atoms with Crippen molar-refractivity contribution in [1.82, 2.24) is 39.7 Å². The van der Waals surface area contributed by atoms with E-state index in [1.807, 2.05) is 54.1 Å². The number of fused-ring (bicyclic) bond motifs is 2. The average Bonchev–Trinajstić information content (AvgIpc) is 3.52. The SMILES string of the molecule is Cc1cc(Cl)cnc1Cn1nccc1-c1cc(Cl)c2nnn(-c3ccc4[nH]c(=O)[nH]c4c3)c2c1. The van der Waals surface area contributed by atoms with Crippen LogP contribution in [0.1, 0.15) is 11.3 Å². The fourth-order valence-corrected chi connectivity index (χ4v) is 4.52. The zero-order valence-electron chi connectivity index (χ0n) is 17.8. The molecule has 0 saturated carbocycles. The molecule has 0 aliphatic rings. The minimum atomic E-state index is -0.264. The molecule has 4 heterocycles. The molecule has 0 bridgehead atoms. The van der Waals surface area contributed by atoms with Gasteiger partial charge in [0.25, 0.3) is 0 Å². The van der Waals surface area contributed by atoms with Gasteiger partial charge in [-0.2, -0.15) is 5.10 Å². The van der Waals surface area contributed by atoms with Crippen molar-refractivity contribution in [1.29, 1.82) is 0 Å². The zero-order chi connectivity index (χ0) is 23.4. The van der Waals surface area contributed by atoms with Crippen LogP contribution in [0.25, 0.3) is 39.0 Å². The van der Waals surface area contributed by atoms with Crippen molar-refractivity contribution in [2.45, 2.75) is 13.5 Å². The molecule has 0 unspecified atom stereocenters. The van der Waals surface area contributed by atoms with Crippen LogP contribution in [-0.2, 0) is 6.54 Å². The van der Waals surface area contributed by atoms with Gasteiger partial charge in [0.05, 0.1) is 50.2 Å². The van der Waals surface area contributed by atoms with Crippen LogP contribution in [0.15, 0.2) is 59.7 Å². The first-order chi connectivity index (χ1) is 16.5. The molecule has 0 fully saturated rings. The predicted octanol–water partition coefficient (Wildman–Crippen LogP) is 4.51. The van der Waals surface area contributed by atoms with E-state index in [2.05, 4.69) is 30.4 Å². The lowest BCUT2D eigenvalue weighted by Crippen LogP contribution is -2.07. The van der Waals surface area contributed by atoms with Gasteiger partial charge in [0, 0.05) is 18.0 Å². The number of halogens is 2. The molecule has 168 valence electrons. The van der Waals surface area contributed by atoms with Crippen molar-refractivity contribution in [3.63, 3.8) is 0 Å². The summed E-state index contributed by atoms with van der Waals surface area (Å²) in [5.74, 6) is 0. The van der Waals surface area contributed by atoms with Crippen molar-refractivity contribution < 1.29 is 0 Å². The van der Waals surface area contributed by atoms with Gasteiger partial charge in [0.2, 0.25) is 0 Å². The van der Waals surface area contributed by atoms with Gasteiger partial charge in [0.1, 0.15) is 5.52 Å². The van der Waals surface area contributed by atoms with E-state index >= 15 is 0 Å². The molecule has 6 rings (SSSR count). The van der Waals surface area contributed by atoms with Crippen LogP contribution in [-0.4, -0.2) is 39.7 Å². The minimum absolute atomic E-state index is 0.264. The summed E-state index contributed by atoms with van der Waals surface area (Å²) < 4.78 is 3.56. The highest BCUT2D eigenvalue weighted by molar-refractivity contribution is 6.35. The molecule has 0 atom stereocenters. The highest BCUT2D eigenvalue weighted by Gasteiger charge is 2.16. The summed E-state index contributed by atoms with van der Waals surface area (Å²) in [7, 11) is 0. The van der Waals surface area contributed by atoms with Crippen molar-refractivity contribution in [2.24, 2.45) is 0 Å². The maximum Gasteiger partial charge on any atom is 0.323 e. The Morgan fingerprint density at radius 3 is 2.74 bits per heavy atom. The van der Waals surface area contributed by atoms with Gasteiger partial charge in [-0.15, -0.1) is 5.10 Å². The van der Waals surface area contributed by atoms with Gasteiger partial charge < -0.3 is 9.97 Å². The quantitative estimate of drug-likeness (QED) is 0.377. The molecule has 34 heavy (non-hydrogen) atoms. The molecule has 6 aromatic rings. The van der Waals surface area contributed by atoms with Gasteiger partial charge in [-0.1, -0.05) is 28.4 Å². The Bertz CT molecular complexity index is 1760. The normalized spacial score (nSPS) is 11.6. The molecular weight excluding hydrogens is 475 g/mol. The molecule has 0 saturated heterocycles. The monoisotopic (exact) mass is 490 g/mol. The highest BCUT2D eigenvalue weighted by Crippen LogP contribution is 2.31. The largest absolute Gasteiger partial charge is 0.323 e. The average molecular weight is 491 g/mol. The van der Waals surface area contributed by atoms with E-state index in [0.717, 1.165) is 33.7 Å². The number of nitrogens with one attached hydrogen (secondary N) is 2. The number of aryl methyl sites for hydroxylation is 1. The van der Waals surface area contributed by atoms with Crippen LogP contribution in [0, 0.1) is 6.92 Å². The predicted molar refractivity (Wildman–Crippen MR) is 131 cm³/mol. The van der Waals surface area contributed by atoms with Gasteiger partial charge >= 0.3 is 5.69 Å². The van der Waals surface area contributed by atoms with Crippen molar-refractivity contribution in [3.05, 3.63) is 86.6 Å². The van der Waals surface area contributed by atoms with Crippen molar-refractivity contribution in [3.8, 4) is 16.9 Å². The van der Waals surface area contributed by atoms with Crippen molar-refractivity contribution >= 4 is 45.3 Å². The zero-order valence-corrected chi connectivity index (χ0v) is 19.3. The molecule has 2 aromatic carbocycles. The number of imidazole rings is 1. The number of aromatic nitrogens is 8. The Labute approximate surface area is 202 Å². The number of benzene rings is 2. The van der Waals surface area contributed by atoms with E-state index in [1.165, 1.54) is 0 Å². The Hall–Kier alpha value is -3.95. The van der Waals surface area contributed by atoms with Gasteiger partial charge in [-0.05, 0) is 55.0 Å². The first-order valence-corrected chi connectivity index (χ1v) is 11.1. The second-order valence-corrected chi connectivity index (χ2v) is 8.77. The van der Waals surface area contributed by atoms with Crippen LogP contribution < -0.4 is 5.69 Å². The van der Waals surface area contributed by atoms with Crippen molar-refractivity contribution in [2.75, 3.05) is 0 Å². The summed E-state index contributed by atoms with van der Waals surface area (Å²) in [6, 6.07) is 13.1. The number of hydrogen-bond acceptors (Lipinski definition) is 5. The van der Waals surface area contributed by atoms with E-state index in [-0.39, 0.29) is 5.69 Å². The van der Waals surface area contributed by atoms with Crippen LogP contribution in [0.3, 0.4) is 0 Å². The highest BCUT2D eigenvalue weighted by atomic mass is 35.5. The lowest BCUT2D eigenvalue weighted by molar-refractivity contribution is 0.676. The molecule has 0 aliphatic heterocycles. The summed E-state index contributed by atoms with van der Waals surface area (Å²) in [4.78, 5) is 21.6. The third kappa shape index (κ3) is 3.46. The second-order valence-electron chi connectivity index (χ2n) is 7.93. The molecule has 9 nitrogen and oxygen atoms in total. The van der Waals surface area contributed by atoms with Gasteiger partial charge in [0.15, 0.2) is 0 Å². The summed E-state index contributed by atoms with van der Waals surface area (Å²) in [5, 5.41) is 14.1. The Kier molecular flexibility index (Phi) is 4.75. The summed E-state index contributed by atoms with van der Waals surface area (Å²) in [6.45, 7) is 2.45. The van der Waals surface area contributed by atoms with Crippen LogP contribution in [0.2, 0.25) is 10.0 Å². The molecule has 0 aliphatic carbocycles. The minimum Gasteiger partial charge on any atom is -0.306 e. The molecule has 11 heteroatoms. The summed E-state index contributed by atoms with van der Waals surface area (Å²) in [5.41, 5.74) is 6.78. The molecule has 0 radical (unpaired) electrons. The van der Waals surface area contributed by atoms with Crippen LogP contribution >= 0.6 is 23.2 Å². The maximum atomic E-state index is 11.6. The molecule has 2 N–H and O–H groups in total. The summed E-state index contributed by atoms with van der Waals surface area (Å²) >= 11 is 12.7. The first kappa shape index (κ1) is 20.6. The van der Waals surface area contributed by atoms with Gasteiger partial charge in [-0.25, -0.2) is 9.48 Å². The van der Waals surface area contributed by atoms with Gasteiger partial charge in [-0.3, -0.25) is 9.67 Å². The number of nitrogens with zero attached hydrogens (tertiary/aromatic N) is 6. The van der Waals surface area contributed by atoms with Crippen LogP contribution in [0.5, 0.6) is 0 Å². The first-order valence-electron chi connectivity index (χ1n) is 10.4. The smallest absolute Gasteiger partial charge is 0.306 e. The fourth-order valence-electron chi connectivity index (χ4n) is 4.05. The Morgan fingerprint density at radius 1 is 1.03 bits per heavy atom. The molecule has 4 aromatic heterocycles. The number of rotatable bonds is 4. The Morgan fingerprint density at radius 2 is 1.88 bits per heavy atom. The van der Waals surface area contributed by atoms with E-state index < -0.39 is 0 Å². The lowest BCUT2D eigenvalue weighted by atomic mass is 10.1. The van der Waals surface area contributed by atoms with Crippen LogP contribution in [0.4, 0.5) is 0 Å². The number of H-pyrrole nitrogens is 2. The van der Waals surface area contributed by atoms with E-state index in [4.69, 9.17) is 23.2 Å². The molecule has 0 spiro atoms. The lowest BCUT2D eigenvalue weighted by Gasteiger charge is -2.11. The standard InChI is InChI=1S/C23H16Cl2N8O/c1-12-6-14(24)10-26-19(12)11-32-20(4-5-27-32)13-7-16(25)22-21(8-13)33(31-30-22)15-2-3-17-18(9-15)29-23(34)28-17/h2-10H,11H2,1H3,(H2,28,29,34). The second kappa shape index (κ2) is 7.82. The third-order valence-electron chi connectivity index (χ3n) is 5.71. The third-order valence-corrected chi connectivity index (χ3v) is 6.21. The number of aromatic amines is 2. The molecular formula is C23H16Cl2N8O. The molecule has 0 amide bonds. The van der Waals surface area contributed by atoms with E-state index in [0.29, 0.717) is 33.1 Å².